The Morgan fingerprint density at radius 3 is 2.73 bits per heavy atom. The molecule has 3 nitrogen and oxygen atoms in total. The Kier molecular flexibility index (Phi) is 4.42. The van der Waals surface area contributed by atoms with Gasteiger partial charge in [0.15, 0.2) is 0 Å². The molecule has 0 heterocycles. The first-order valence-corrected chi connectivity index (χ1v) is 5.47. The lowest BCUT2D eigenvalue weighted by molar-refractivity contribution is 0.0522. The molecule has 0 aromatic heterocycles. The molecule has 0 saturated heterocycles. The summed E-state index contributed by atoms with van der Waals surface area (Å²) in [6.07, 6.45) is 0. The molecule has 0 bridgehead atoms. The third kappa shape index (κ3) is 2.86. The van der Waals surface area contributed by atoms with Gasteiger partial charge in [0, 0.05) is 4.47 Å². The highest BCUT2D eigenvalue weighted by Crippen LogP contribution is 2.31. The predicted molar refractivity (Wildman–Crippen MR) is 61.7 cm³/mol. The first kappa shape index (κ1) is 12.3. The minimum Gasteiger partial charge on any atom is -0.496 e. The highest BCUT2D eigenvalue weighted by Gasteiger charge is 2.15. The predicted octanol–water partition coefficient (Wildman–Crippen LogP) is 3.29. The molecule has 5 heteroatoms. The number of carbonyl (C=O) groups excluding carboxylic acids is 1. The van der Waals surface area contributed by atoms with Crippen LogP contribution in [0.25, 0.3) is 0 Å². The van der Waals surface area contributed by atoms with Crippen LogP contribution in [0.2, 0.25) is 5.02 Å². The van der Waals surface area contributed by atoms with E-state index in [0.717, 1.165) is 0 Å². The van der Waals surface area contributed by atoms with Crippen LogP contribution in [0.15, 0.2) is 16.6 Å². The number of hydrogen-bond donors (Lipinski definition) is 0. The van der Waals surface area contributed by atoms with Gasteiger partial charge in [0.1, 0.15) is 11.3 Å². The summed E-state index contributed by atoms with van der Waals surface area (Å²) < 4.78 is 10.6. The van der Waals surface area contributed by atoms with E-state index in [9.17, 15) is 4.79 Å². The maximum atomic E-state index is 11.5. The Labute approximate surface area is 101 Å². The van der Waals surface area contributed by atoms with Crippen molar-refractivity contribution in [3.05, 3.63) is 27.2 Å². The topological polar surface area (TPSA) is 35.5 Å². The zero-order valence-corrected chi connectivity index (χ0v) is 10.7. The van der Waals surface area contributed by atoms with Crippen molar-refractivity contribution in [1.29, 1.82) is 0 Å². The van der Waals surface area contributed by atoms with E-state index in [1.54, 1.807) is 13.0 Å². The highest BCUT2D eigenvalue weighted by molar-refractivity contribution is 9.10. The van der Waals surface area contributed by atoms with Gasteiger partial charge in [-0.15, -0.1) is 0 Å². The number of halogens is 2. The summed E-state index contributed by atoms with van der Waals surface area (Å²) >= 11 is 9.12. The van der Waals surface area contributed by atoms with Crippen LogP contribution < -0.4 is 4.74 Å². The zero-order chi connectivity index (χ0) is 11.4. The Hall–Kier alpha value is -0.740. The van der Waals surface area contributed by atoms with E-state index in [1.165, 1.54) is 13.2 Å². The van der Waals surface area contributed by atoms with E-state index in [-0.39, 0.29) is 0 Å². The minimum absolute atomic E-state index is 0.315. The van der Waals surface area contributed by atoms with E-state index in [1.807, 2.05) is 0 Å². The summed E-state index contributed by atoms with van der Waals surface area (Å²) in [6.45, 7) is 2.06. The van der Waals surface area contributed by atoms with Gasteiger partial charge in [-0.2, -0.15) is 0 Å². The second-order valence-electron chi connectivity index (χ2n) is 2.69. The van der Waals surface area contributed by atoms with E-state index in [0.29, 0.717) is 27.4 Å². The number of esters is 1. The zero-order valence-electron chi connectivity index (χ0n) is 8.34. The number of rotatable bonds is 3. The number of methoxy groups -OCH3 is 1. The Morgan fingerprint density at radius 1 is 1.53 bits per heavy atom. The molecule has 0 aliphatic carbocycles. The van der Waals surface area contributed by atoms with Gasteiger partial charge in [-0.05, 0) is 35.0 Å². The van der Waals surface area contributed by atoms with Crippen LogP contribution in [-0.2, 0) is 4.74 Å². The third-order valence-corrected chi connectivity index (χ3v) is 2.93. The third-order valence-electron chi connectivity index (χ3n) is 1.74. The van der Waals surface area contributed by atoms with Crippen LogP contribution in [-0.4, -0.2) is 19.7 Å². The summed E-state index contributed by atoms with van der Waals surface area (Å²) in [7, 11) is 1.48. The Balaban J connectivity index is 3.15. The van der Waals surface area contributed by atoms with Crippen LogP contribution in [0.5, 0.6) is 5.75 Å². The molecule has 15 heavy (non-hydrogen) atoms. The SMILES string of the molecule is CCOC(=O)c1cc(Cl)c(Br)cc1OC. The summed E-state index contributed by atoms with van der Waals surface area (Å²) in [6, 6.07) is 3.15. The molecule has 0 unspecified atom stereocenters. The van der Waals surface area contributed by atoms with E-state index >= 15 is 0 Å². The van der Waals surface area contributed by atoms with E-state index in [2.05, 4.69) is 15.9 Å². The summed E-state index contributed by atoms with van der Waals surface area (Å²) in [5.74, 6) is -0.00604. The highest BCUT2D eigenvalue weighted by atomic mass is 79.9. The lowest BCUT2D eigenvalue weighted by atomic mass is 10.2. The molecular formula is C10H10BrClO3. The van der Waals surface area contributed by atoms with E-state index in [4.69, 9.17) is 21.1 Å². The quantitative estimate of drug-likeness (QED) is 0.802. The fourth-order valence-electron chi connectivity index (χ4n) is 1.07. The van der Waals surface area contributed by atoms with Crippen LogP contribution in [0, 0.1) is 0 Å². The number of ether oxygens (including phenoxy) is 2. The van der Waals surface area contributed by atoms with Crippen LogP contribution in [0.4, 0.5) is 0 Å². The Morgan fingerprint density at radius 2 is 2.20 bits per heavy atom. The smallest absolute Gasteiger partial charge is 0.341 e. The molecule has 0 amide bonds. The van der Waals surface area contributed by atoms with Gasteiger partial charge in [0.25, 0.3) is 0 Å². The maximum absolute atomic E-state index is 11.5. The number of hydrogen-bond acceptors (Lipinski definition) is 3. The van der Waals surface area contributed by atoms with E-state index < -0.39 is 5.97 Å². The van der Waals surface area contributed by atoms with Crippen molar-refractivity contribution in [3.63, 3.8) is 0 Å². The monoisotopic (exact) mass is 292 g/mol. The van der Waals surface area contributed by atoms with Gasteiger partial charge in [-0.3, -0.25) is 0 Å². The van der Waals surface area contributed by atoms with Gasteiger partial charge in [-0.25, -0.2) is 4.79 Å². The lowest BCUT2D eigenvalue weighted by Gasteiger charge is -2.09. The fourth-order valence-corrected chi connectivity index (χ4v) is 1.55. The van der Waals surface area contributed by atoms with Crippen molar-refractivity contribution in [1.82, 2.24) is 0 Å². The van der Waals surface area contributed by atoms with Crippen molar-refractivity contribution >= 4 is 33.5 Å². The molecule has 0 spiro atoms. The van der Waals surface area contributed by atoms with Crippen LogP contribution in [0.1, 0.15) is 17.3 Å². The molecule has 0 radical (unpaired) electrons. The lowest BCUT2D eigenvalue weighted by Crippen LogP contribution is -2.06. The van der Waals surface area contributed by atoms with Gasteiger partial charge < -0.3 is 9.47 Å². The average Bonchev–Trinajstić information content (AvgIpc) is 2.21. The number of benzene rings is 1. The summed E-state index contributed by atoms with van der Waals surface area (Å²) in [5, 5.41) is 0.443. The molecule has 0 aliphatic rings. The average molecular weight is 294 g/mol. The second-order valence-corrected chi connectivity index (χ2v) is 3.95. The molecule has 1 aromatic rings. The minimum atomic E-state index is -0.441. The molecule has 0 atom stereocenters. The van der Waals surface area contributed by atoms with Crippen molar-refractivity contribution in [2.45, 2.75) is 6.92 Å². The Bertz CT molecular complexity index is 379. The summed E-state index contributed by atoms with van der Waals surface area (Å²) in [5.41, 5.74) is 0.326. The summed E-state index contributed by atoms with van der Waals surface area (Å²) in [4.78, 5) is 11.5. The fraction of sp³-hybridized carbons (Fsp3) is 0.300. The molecule has 82 valence electrons. The maximum Gasteiger partial charge on any atom is 0.341 e. The standard InChI is InChI=1S/C10H10BrClO3/c1-3-15-10(13)6-4-8(12)7(11)5-9(6)14-2/h4-5H,3H2,1-2H3. The van der Waals surface area contributed by atoms with Gasteiger partial charge in [0.2, 0.25) is 0 Å². The van der Waals surface area contributed by atoms with Crippen molar-refractivity contribution in [3.8, 4) is 5.75 Å². The van der Waals surface area contributed by atoms with Gasteiger partial charge in [-0.1, -0.05) is 11.6 Å². The normalized spacial score (nSPS) is 9.87. The van der Waals surface area contributed by atoms with Crippen molar-refractivity contribution < 1.29 is 14.3 Å². The molecule has 1 rings (SSSR count). The second kappa shape index (κ2) is 5.37. The van der Waals surface area contributed by atoms with Crippen LogP contribution in [0.3, 0.4) is 0 Å². The molecule has 0 fully saturated rings. The van der Waals surface area contributed by atoms with Gasteiger partial charge >= 0.3 is 5.97 Å². The van der Waals surface area contributed by atoms with Gasteiger partial charge in [0.05, 0.1) is 18.7 Å². The molecule has 1 aromatic carbocycles. The first-order valence-electron chi connectivity index (χ1n) is 4.30. The number of carbonyl (C=O) groups is 1. The molecule has 0 aliphatic heterocycles. The van der Waals surface area contributed by atoms with Crippen LogP contribution >= 0.6 is 27.5 Å². The molecule has 0 N–H and O–H groups in total. The molecular weight excluding hydrogens is 283 g/mol. The molecule has 0 saturated carbocycles. The first-order chi connectivity index (χ1) is 7.10. The van der Waals surface area contributed by atoms with Crippen molar-refractivity contribution in [2.24, 2.45) is 0 Å². The van der Waals surface area contributed by atoms with Crippen molar-refractivity contribution in [2.75, 3.05) is 13.7 Å². The largest absolute Gasteiger partial charge is 0.496 e.